The molecule has 0 atom stereocenters. The van der Waals surface area contributed by atoms with E-state index in [1.165, 1.54) is 0 Å². The number of nitrogens with two attached hydrogens (primary N) is 1. The van der Waals surface area contributed by atoms with Crippen LogP contribution in [0.1, 0.15) is 32.6 Å². The van der Waals surface area contributed by atoms with Crippen LogP contribution >= 0.6 is 0 Å². The maximum absolute atomic E-state index is 13.1. The monoisotopic (exact) mass is 219 g/mol. The van der Waals surface area contributed by atoms with Gasteiger partial charge in [0.25, 0.3) is 0 Å². The summed E-state index contributed by atoms with van der Waals surface area (Å²) in [6.45, 7) is 3.97. The number of hydrogen-bond donors (Lipinski definition) is 1. The fraction of sp³-hybridized carbons (Fsp3) is 1.00. The first kappa shape index (κ1) is 11.3. The van der Waals surface area contributed by atoms with Crippen molar-refractivity contribution >= 4 is 0 Å². The Hall–Kier alpha value is -0.220. The average Bonchev–Trinajstić information content (AvgIpc) is 2.15. The molecule has 2 N–H and O–H groups in total. The van der Waals surface area contributed by atoms with Gasteiger partial charge in [0.2, 0.25) is 5.92 Å². The van der Waals surface area contributed by atoms with E-state index in [1.807, 2.05) is 0 Å². The Labute approximate surface area is 89.2 Å². The van der Waals surface area contributed by atoms with Crippen molar-refractivity contribution in [1.29, 1.82) is 0 Å². The van der Waals surface area contributed by atoms with Crippen molar-refractivity contribution in [3.05, 3.63) is 0 Å². The summed E-state index contributed by atoms with van der Waals surface area (Å²) in [6, 6.07) is 0. The van der Waals surface area contributed by atoms with Gasteiger partial charge in [-0.05, 0) is 24.8 Å². The van der Waals surface area contributed by atoms with Crippen molar-refractivity contribution in [2.24, 2.45) is 16.6 Å². The average molecular weight is 219 g/mol. The largest absolute Gasteiger partial charge is 0.380 e. The Morgan fingerprint density at radius 1 is 1.13 bits per heavy atom. The van der Waals surface area contributed by atoms with Crippen LogP contribution in [-0.2, 0) is 4.74 Å². The molecule has 0 amide bonds. The standard InChI is InChI=1S/C11H19F2NO/c1-9(7-15-8-9)10(6-14)2-4-11(12,13)5-3-10/h2-8,14H2,1H3. The SMILES string of the molecule is CC1(C2(CN)CCC(F)(F)CC2)COC1. The molecule has 15 heavy (non-hydrogen) atoms. The third-order valence-electron chi connectivity index (χ3n) is 4.45. The van der Waals surface area contributed by atoms with E-state index in [0.717, 1.165) is 0 Å². The lowest BCUT2D eigenvalue weighted by Gasteiger charge is -2.55. The first-order valence-corrected chi connectivity index (χ1v) is 5.59. The Balaban J connectivity index is 2.11. The Morgan fingerprint density at radius 3 is 2.00 bits per heavy atom. The summed E-state index contributed by atoms with van der Waals surface area (Å²) in [7, 11) is 0. The van der Waals surface area contributed by atoms with E-state index >= 15 is 0 Å². The second-order valence-corrected chi connectivity index (χ2v) is 5.39. The van der Waals surface area contributed by atoms with Crippen LogP contribution in [0, 0.1) is 10.8 Å². The van der Waals surface area contributed by atoms with Crippen molar-refractivity contribution in [3.8, 4) is 0 Å². The lowest BCUT2D eigenvalue weighted by Crippen LogP contribution is -2.58. The summed E-state index contributed by atoms with van der Waals surface area (Å²) in [5.41, 5.74) is 5.73. The van der Waals surface area contributed by atoms with Gasteiger partial charge in [-0.25, -0.2) is 8.78 Å². The van der Waals surface area contributed by atoms with E-state index < -0.39 is 5.92 Å². The lowest BCUT2D eigenvalue weighted by atomic mass is 9.56. The van der Waals surface area contributed by atoms with Gasteiger partial charge < -0.3 is 10.5 Å². The smallest absolute Gasteiger partial charge is 0.248 e. The predicted molar refractivity (Wildman–Crippen MR) is 53.8 cm³/mol. The predicted octanol–water partition coefficient (Wildman–Crippen LogP) is 2.18. The highest BCUT2D eigenvalue weighted by Crippen LogP contribution is 2.55. The quantitative estimate of drug-likeness (QED) is 0.772. The van der Waals surface area contributed by atoms with E-state index in [9.17, 15) is 8.78 Å². The van der Waals surface area contributed by atoms with Crippen molar-refractivity contribution in [2.45, 2.75) is 38.5 Å². The molecule has 88 valence electrons. The fourth-order valence-electron chi connectivity index (χ4n) is 2.86. The van der Waals surface area contributed by atoms with E-state index in [0.29, 0.717) is 32.6 Å². The second kappa shape index (κ2) is 3.39. The Kier molecular flexibility index (Phi) is 2.54. The minimum absolute atomic E-state index is 0.0141. The van der Waals surface area contributed by atoms with Gasteiger partial charge >= 0.3 is 0 Å². The third-order valence-corrected chi connectivity index (χ3v) is 4.45. The molecule has 1 aliphatic carbocycles. The highest BCUT2D eigenvalue weighted by molar-refractivity contribution is 5.03. The number of alkyl halides is 2. The van der Waals surface area contributed by atoms with Crippen LogP contribution in [0.25, 0.3) is 0 Å². The molecule has 2 nitrogen and oxygen atoms in total. The molecule has 0 spiro atoms. The van der Waals surface area contributed by atoms with E-state index in [4.69, 9.17) is 10.5 Å². The van der Waals surface area contributed by atoms with Crippen LogP contribution in [0.2, 0.25) is 0 Å². The Bertz CT molecular complexity index is 241. The molecule has 1 heterocycles. The molecule has 0 radical (unpaired) electrons. The zero-order chi connectivity index (χ0) is 11.2. The van der Waals surface area contributed by atoms with Crippen LogP contribution in [0.5, 0.6) is 0 Å². The molecule has 1 saturated heterocycles. The summed E-state index contributed by atoms with van der Waals surface area (Å²) in [4.78, 5) is 0. The van der Waals surface area contributed by atoms with Crippen molar-refractivity contribution in [1.82, 2.24) is 0 Å². The number of rotatable bonds is 2. The summed E-state index contributed by atoms with van der Waals surface area (Å²) >= 11 is 0. The zero-order valence-electron chi connectivity index (χ0n) is 9.19. The van der Waals surface area contributed by atoms with Crippen LogP contribution in [0.15, 0.2) is 0 Å². The molecule has 0 aromatic carbocycles. The zero-order valence-corrected chi connectivity index (χ0v) is 9.19. The molecule has 0 aromatic rings. The van der Waals surface area contributed by atoms with Gasteiger partial charge in [0.15, 0.2) is 0 Å². The molecule has 2 rings (SSSR count). The minimum Gasteiger partial charge on any atom is -0.380 e. The Morgan fingerprint density at radius 2 is 1.67 bits per heavy atom. The molecule has 0 unspecified atom stereocenters. The summed E-state index contributed by atoms with van der Waals surface area (Å²) in [6.07, 6.45) is 1.05. The van der Waals surface area contributed by atoms with Gasteiger partial charge in [-0.1, -0.05) is 6.92 Å². The highest BCUT2D eigenvalue weighted by atomic mass is 19.3. The third kappa shape index (κ3) is 1.68. The molecule has 4 heteroatoms. The topological polar surface area (TPSA) is 35.2 Å². The van der Waals surface area contributed by atoms with Gasteiger partial charge in [0.05, 0.1) is 13.2 Å². The van der Waals surface area contributed by atoms with Gasteiger partial charge in [-0.2, -0.15) is 0 Å². The van der Waals surface area contributed by atoms with Crippen LogP contribution in [-0.4, -0.2) is 25.7 Å². The van der Waals surface area contributed by atoms with Crippen LogP contribution in [0.4, 0.5) is 8.78 Å². The fourth-order valence-corrected chi connectivity index (χ4v) is 2.86. The molecule has 1 saturated carbocycles. The first-order chi connectivity index (χ1) is 6.93. The number of hydrogen-bond acceptors (Lipinski definition) is 2. The molecule has 0 aromatic heterocycles. The summed E-state index contributed by atoms with van der Waals surface area (Å²) in [5.74, 6) is -2.47. The van der Waals surface area contributed by atoms with Crippen molar-refractivity contribution in [3.63, 3.8) is 0 Å². The number of ether oxygens (including phenoxy) is 1. The van der Waals surface area contributed by atoms with Gasteiger partial charge in [-0.3, -0.25) is 0 Å². The van der Waals surface area contributed by atoms with Gasteiger partial charge in [-0.15, -0.1) is 0 Å². The van der Waals surface area contributed by atoms with E-state index in [-0.39, 0.29) is 23.7 Å². The maximum Gasteiger partial charge on any atom is 0.248 e. The van der Waals surface area contributed by atoms with E-state index in [1.54, 1.807) is 0 Å². The normalized spacial score (nSPS) is 32.0. The molecular weight excluding hydrogens is 200 g/mol. The summed E-state index contributed by atoms with van der Waals surface area (Å²) < 4.78 is 31.5. The van der Waals surface area contributed by atoms with Crippen molar-refractivity contribution < 1.29 is 13.5 Å². The second-order valence-electron chi connectivity index (χ2n) is 5.39. The minimum atomic E-state index is -2.47. The summed E-state index contributed by atoms with van der Waals surface area (Å²) in [5, 5.41) is 0. The molecule has 2 aliphatic rings. The first-order valence-electron chi connectivity index (χ1n) is 5.59. The molecule has 1 aliphatic heterocycles. The number of halogens is 2. The maximum atomic E-state index is 13.1. The van der Waals surface area contributed by atoms with Crippen LogP contribution < -0.4 is 5.73 Å². The molecule has 0 bridgehead atoms. The van der Waals surface area contributed by atoms with Gasteiger partial charge in [0.1, 0.15) is 0 Å². The molecule has 2 fully saturated rings. The van der Waals surface area contributed by atoms with Gasteiger partial charge in [0, 0.05) is 18.3 Å². The molecular formula is C11H19F2NO. The highest BCUT2D eigenvalue weighted by Gasteiger charge is 2.55. The van der Waals surface area contributed by atoms with Crippen LogP contribution in [0.3, 0.4) is 0 Å². The lowest BCUT2D eigenvalue weighted by molar-refractivity contribution is -0.199. The van der Waals surface area contributed by atoms with E-state index in [2.05, 4.69) is 6.92 Å². The van der Waals surface area contributed by atoms with Crippen molar-refractivity contribution in [2.75, 3.05) is 19.8 Å².